The maximum atomic E-state index is 12.6. The number of nitrogens with one attached hydrogen (secondary N) is 2. The van der Waals surface area contributed by atoms with E-state index < -0.39 is 0 Å². The predicted octanol–water partition coefficient (Wildman–Crippen LogP) is 4.32. The third kappa shape index (κ3) is 2.83. The monoisotopic (exact) mass is 382 g/mol. The number of carbonyl (C=O) groups excluding carboxylic acids is 1. The van der Waals surface area contributed by atoms with Crippen molar-refractivity contribution >= 4 is 17.7 Å². The second-order valence-corrected chi connectivity index (χ2v) is 8.50. The number of ether oxygens (including phenoxy) is 2. The molecule has 5 rings (SSSR count). The number of hydrogen-bond donors (Lipinski definition) is 2. The van der Waals surface area contributed by atoms with Crippen molar-refractivity contribution in [3.63, 3.8) is 0 Å². The normalized spacial score (nSPS) is 32.0. The van der Waals surface area contributed by atoms with Crippen LogP contribution < -0.4 is 5.32 Å². The second-order valence-electron chi connectivity index (χ2n) is 7.36. The largest absolute Gasteiger partial charge is 0.357 e. The number of aromatic amines is 1. The van der Waals surface area contributed by atoms with E-state index in [1.807, 2.05) is 30.9 Å². The summed E-state index contributed by atoms with van der Waals surface area (Å²) in [6.07, 6.45) is 4.41. The number of fused-ring (bicyclic) bond motifs is 3. The topological polar surface area (TPSA) is 63.3 Å². The molecule has 2 aromatic rings. The molecule has 1 amide bonds. The summed E-state index contributed by atoms with van der Waals surface area (Å²) in [5.41, 5.74) is 2.67. The van der Waals surface area contributed by atoms with Gasteiger partial charge in [0.1, 0.15) is 5.69 Å². The molecule has 27 heavy (non-hydrogen) atoms. The molecule has 5 nitrogen and oxygen atoms in total. The summed E-state index contributed by atoms with van der Waals surface area (Å²) in [4.78, 5) is 18.3. The molecule has 0 saturated carbocycles. The van der Waals surface area contributed by atoms with E-state index in [-0.39, 0.29) is 30.4 Å². The molecule has 1 aliphatic carbocycles. The molecular formula is C21H22N2O3S. The van der Waals surface area contributed by atoms with Crippen LogP contribution in [0.15, 0.2) is 52.4 Å². The molecule has 1 saturated heterocycles. The van der Waals surface area contributed by atoms with Crippen LogP contribution in [-0.4, -0.2) is 23.2 Å². The van der Waals surface area contributed by atoms with Gasteiger partial charge in [-0.1, -0.05) is 43.0 Å². The minimum absolute atomic E-state index is 0.0374. The van der Waals surface area contributed by atoms with E-state index >= 15 is 0 Å². The van der Waals surface area contributed by atoms with E-state index in [1.54, 1.807) is 0 Å². The summed E-state index contributed by atoms with van der Waals surface area (Å²) in [7, 11) is 0. The third-order valence-electron chi connectivity index (χ3n) is 5.69. The molecule has 2 aliphatic heterocycles. The molecule has 0 radical (unpaired) electrons. The van der Waals surface area contributed by atoms with E-state index in [0.29, 0.717) is 11.6 Å². The van der Waals surface area contributed by atoms with E-state index in [0.717, 1.165) is 17.5 Å². The standard InChI is InChI=1S/C21H22N2O3S/c1-11-16(27-13-6-4-3-5-7-13)9-8-15-17(11)18-14(21-25-12(2)26-21)10-22-19(18)20(24)23-15/h3-7,9-12,15,17,21-22H,8H2,1-2H3,(H,23,24)/t11-,12?,15?,17?,21?/m0/s1. The number of aromatic nitrogens is 1. The first kappa shape index (κ1) is 17.1. The fourth-order valence-corrected chi connectivity index (χ4v) is 5.47. The number of benzene rings is 1. The highest BCUT2D eigenvalue weighted by molar-refractivity contribution is 8.03. The highest BCUT2D eigenvalue weighted by Gasteiger charge is 2.45. The van der Waals surface area contributed by atoms with Crippen LogP contribution in [0.2, 0.25) is 0 Å². The van der Waals surface area contributed by atoms with Crippen LogP contribution in [0.1, 0.15) is 54.1 Å². The molecule has 3 heterocycles. The Labute approximate surface area is 162 Å². The molecule has 140 valence electrons. The van der Waals surface area contributed by atoms with Gasteiger partial charge >= 0.3 is 0 Å². The zero-order valence-corrected chi connectivity index (χ0v) is 16.1. The third-order valence-corrected chi connectivity index (χ3v) is 6.97. The lowest BCUT2D eigenvalue weighted by atomic mass is 9.73. The van der Waals surface area contributed by atoms with Gasteiger partial charge in [-0.05, 0) is 41.9 Å². The van der Waals surface area contributed by atoms with Crippen molar-refractivity contribution in [3.8, 4) is 0 Å². The Morgan fingerprint density at radius 2 is 1.93 bits per heavy atom. The number of amides is 1. The smallest absolute Gasteiger partial charge is 0.268 e. The molecule has 0 bridgehead atoms. The zero-order chi connectivity index (χ0) is 18.5. The van der Waals surface area contributed by atoms with Crippen LogP contribution in [0.25, 0.3) is 0 Å². The molecule has 1 fully saturated rings. The quantitative estimate of drug-likeness (QED) is 0.830. The van der Waals surface area contributed by atoms with Crippen molar-refractivity contribution in [1.82, 2.24) is 10.3 Å². The molecule has 1 aromatic carbocycles. The Morgan fingerprint density at radius 3 is 2.67 bits per heavy atom. The summed E-state index contributed by atoms with van der Waals surface area (Å²) in [6.45, 7) is 4.13. The summed E-state index contributed by atoms with van der Waals surface area (Å²) in [6, 6.07) is 10.5. The van der Waals surface area contributed by atoms with Gasteiger partial charge in [-0.25, -0.2) is 0 Å². The highest BCUT2D eigenvalue weighted by Crippen LogP contribution is 2.49. The van der Waals surface area contributed by atoms with Gasteiger partial charge in [0.2, 0.25) is 0 Å². The van der Waals surface area contributed by atoms with Crippen LogP contribution in [0, 0.1) is 5.92 Å². The van der Waals surface area contributed by atoms with Crippen LogP contribution in [0.5, 0.6) is 0 Å². The van der Waals surface area contributed by atoms with Crippen molar-refractivity contribution in [1.29, 1.82) is 0 Å². The first-order valence-corrected chi connectivity index (χ1v) is 10.2. The molecule has 0 spiro atoms. The van der Waals surface area contributed by atoms with Crippen molar-refractivity contribution < 1.29 is 14.3 Å². The lowest BCUT2D eigenvalue weighted by molar-refractivity contribution is -0.382. The van der Waals surface area contributed by atoms with Crippen LogP contribution in [0.4, 0.5) is 0 Å². The highest BCUT2D eigenvalue weighted by atomic mass is 32.2. The minimum Gasteiger partial charge on any atom is -0.357 e. The number of rotatable bonds is 3. The van der Waals surface area contributed by atoms with Crippen LogP contribution in [-0.2, 0) is 9.47 Å². The maximum absolute atomic E-state index is 12.6. The zero-order valence-electron chi connectivity index (χ0n) is 15.3. The average Bonchev–Trinajstić information content (AvgIpc) is 3.07. The molecule has 6 heteroatoms. The average molecular weight is 382 g/mol. The maximum Gasteiger partial charge on any atom is 0.268 e. The predicted molar refractivity (Wildman–Crippen MR) is 103 cm³/mol. The van der Waals surface area contributed by atoms with E-state index in [9.17, 15) is 4.79 Å². The summed E-state index contributed by atoms with van der Waals surface area (Å²) in [5.74, 6) is 0.461. The lowest BCUT2D eigenvalue weighted by Gasteiger charge is -2.42. The molecule has 3 atom stereocenters. The van der Waals surface area contributed by atoms with Gasteiger partial charge in [-0.15, -0.1) is 0 Å². The van der Waals surface area contributed by atoms with Gasteiger partial charge in [0.05, 0.1) is 0 Å². The first-order chi connectivity index (χ1) is 13.1. The summed E-state index contributed by atoms with van der Waals surface area (Å²) >= 11 is 1.82. The van der Waals surface area contributed by atoms with Gasteiger partial charge in [-0.2, -0.15) is 0 Å². The van der Waals surface area contributed by atoms with Crippen molar-refractivity contribution in [2.24, 2.45) is 5.92 Å². The van der Waals surface area contributed by atoms with Gasteiger partial charge in [-0.3, -0.25) is 4.79 Å². The minimum atomic E-state index is -0.380. The molecule has 2 unspecified atom stereocenters. The van der Waals surface area contributed by atoms with Crippen molar-refractivity contribution in [2.75, 3.05) is 0 Å². The molecular weight excluding hydrogens is 360 g/mol. The Hall–Kier alpha value is -2.02. The van der Waals surface area contributed by atoms with Gasteiger partial charge in [0, 0.05) is 28.6 Å². The Balaban J connectivity index is 1.49. The fraction of sp³-hybridized carbons (Fsp3) is 0.381. The van der Waals surface area contributed by atoms with E-state index in [1.165, 1.54) is 9.80 Å². The van der Waals surface area contributed by atoms with E-state index in [4.69, 9.17) is 9.47 Å². The summed E-state index contributed by atoms with van der Waals surface area (Å²) < 4.78 is 11.5. The number of hydrogen-bond acceptors (Lipinski definition) is 4. The SMILES string of the molecule is CC1OC(c2c[nH]c3c2C2C(CC=C(Sc4ccccc4)[C@@H]2C)NC3=O)O1. The van der Waals surface area contributed by atoms with Crippen molar-refractivity contribution in [3.05, 3.63) is 64.3 Å². The number of H-pyrrole nitrogens is 1. The molecule has 1 aromatic heterocycles. The van der Waals surface area contributed by atoms with Gasteiger partial charge < -0.3 is 19.8 Å². The van der Waals surface area contributed by atoms with Gasteiger partial charge in [0.15, 0.2) is 12.6 Å². The molecule has 2 N–H and O–H groups in total. The lowest BCUT2D eigenvalue weighted by Crippen LogP contribution is -2.48. The van der Waals surface area contributed by atoms with Crippen molar-refractivity contribution in [2.45, 2.75) is 49.7 Å². The van der Waals surface area contributed by atoms with Crippen LogP contribution >= 0.6 is 11.8 Å². The first-order valence-electron chi connectivity index (χ1n) is 9.37. The fourth-order valence-electron chi connectivity index (χ4n) is 4.40. The number of allylic oxidation sites excluding steroid dienone is 1. The second kappa shape index (κ2) is 6.55. The molecule has 3 aliphatic rings. The van der Waals surface area contributed by atoms with E-state index in [2.05, 4.69) is 47.6 Å². The number of carbonyl (C=O) groups is 1. The van der Waals surface area contributed by atoms with Crippen LogP contribution in [0.3, 0.4) is 0 Å². The Morgan fingerprint density at radius 1 is 1.15 bits per heavy atom. The Kier molecular flexibility index (Phi) is 4.15. The number of thioether (sulfide) groups is 1. The summed E-state index contributed by atoms with van der Waals surface area (Å²) in [5, 5.41) is 3.18. The Bertz CT molecular complexity index is 901. The van der Waals surface area contributed by atoms with Gasteiger partial charge in [0.25, 0.3) is 5.91 Å².